The molecule has 2 aromatic carbocycles. The van der Waals surface area contributed by atoms with Crippen molar-refractivity contribution in [1.82, 2.24) is 0 Å². The first-order valence-electron chi connectivity index (χ1n) is 5.62. The molecule has 0 aliphatic carbocycles. The maximum absolute atomic E-state index is 13.0. The van der Waals surface area contributed by atoms with E-state index in [1.807, 2.05) is 0 Å². The monoisotopic (exact) mass is 310 g/mol. The highest BCUT2D eigenvalue weighted by molar-refractivity contribution is 6.31. The van der Waals surface area contributed by atoms with E-state index in [9.17, 15) is 24.4 Å². The second-order valence-electron chi connectivity index (χ2n) is 4.04. The minimum Gasteiger partial charge on any atom is -0.502 e. The van der Waals surface area contributed by atoms with Crippen molar-refractivity contribution in [2.24, 2.45) is 0 Å². The lowest BCUT2D eigenvalue weighted by Gasteiger charge is -2.06. The van der Waals surface area contributed by atoms with Crippen LogP contribution in [0.3, 0.4) is 0 Å². The molecule has 0 spiro atoms. The van der Waals surface area contributed by atoms with Crippen LogP contribution in [0.1, 0.15) is 10.4 Å². The number of nitrogens with one attached hydrogen (secondary N) is 1. The number of carbonyl (C=O) groups excluding carboxylic acids is 1. The predicted molar refractivity (Wildman–Crippen MR) is 74.1 cm³/mol. The highest BCUT2D eigenvalue weighted by atomic mass is 35.5. The summed E-state index contributed by atoms with van der Waals surface area (Å²) in [5.41, 5.74) is -0.237. The summed E-state index contributed by atoms with van der Waals surface area (Å²) in [5, 5.41) is 22.3. The second-order valence-corrected chi connectivity index (χ2v) is 4.45. The number of hydrogen-bond donors (Lipinski definition) is 2. The molecular formula is C13H8ClFN2O4. The van der Waals surface area contributed by atoms with Crippen molar-refractivity contribution in [3.8, 4) is 5.75 Å². The number of anilines is 1. The average molecular weight is 311 g/mol. The Morgan fingerprint density at radius 1 is 1.29 bits per heavy atom. The van der Waals surface area contributed by atoms with E-state index in [1.165, 1.54) is 18.2 Å². The summed E-state index contributed by atoms with van der Waals surface area (Å²) in [6.07, 6.45) is 0. The van der Waals surface area contributed by atoms with Gasteiger partial charge in [-0.1, -0.05) is 11.6 Å². The molecule has 2 N–H and O–H groups in total. The maximum atomic E-state index is 13.0. The second kappa shape index (κ2) is 5.76. The van der Waals surface area contributed by atoms with E-state index in [0.717, 1.165) is 18.2 Å². The van der Waals surface area contributed by atoms with E-state index in [0.29, 0.717) is 0 Å². The number of nitro benzene ring substituents is 1. The molecule has 0 aromatic heterocycles. The van der Waals surface area contributed by atoms with Crippen LogP contribution in [0.2, 0.25) is 5.02 Å². The first-order chi connectivity index (χ1) is 9.88. The van der Waals surface area contributed by atoms with Crippen LogP contribution in [0, 0.1) is 15.9 Å². The van der Waals surface area contributed by atoms with Crippen LogP contribution in [0.4, 0.5) is 15.8 Å². The predicted octanol–water partition coefficient (Wildman–Crippen LogP) is 3.35. The molecule has 1 amide bonds. The van der Waals surface area contributed by atoms with Crippen LogP contribution in [-0.4, -0.2) is 15.9 Å². The van der Waals surface area contributed by atoms with Crippen LogP contribution >= 0.6 is 11.6 Å². The lowest BCUT2D eigenvalue weighted by molar-refractivity contribution is -0.385. The quantitative estimate of drug-likeness (QED) is 0.671. The van der Waals surface area contributed by atoms with Gasteiger partial charge in [0.25, 0.3) is 5.91 Å². The Morgan fingerprint density at radius 3 is 2.57 bits per heavy atom. The van der Waals surface area contributed by atoms with Crippen LogP contribution in [0.15, 0.2) is 36.4 Å². The number of halogens is 2. The summed E-state index contributed by atoms with van der Waals surface area (Å²) in [6.45, 7) is 0. The fourth-order valence-corrected chi connectivity index (χ4v) is 1.78. The largest absolute Gasteiger partial charge is 0.502 e. The Labute approximate surface area is 122 Å². The molecule has 0 unspecified atom stereocenters. The van der Waals surface area contributed by atoms with Gasteiger partial charge in [0.05, 0.1) is 9.95 Å². The summed E-state index contributed by atoms with van der Waals surface area (Å²) in [6, 6.07) is 6.80. The van der Waals surface area contributed by atoms with E-state index in [-0.39, 0.29) is 16.3 Å². The van der Waals surface area contributed by atoms with Gasteiger partial charge in [-0.25, -0.2) is 4.39 Å². The fourth-order valence-electron chi connectivity index (χ4n) is 1.60. The average Bonchev–Trinajstić information content (AvgIpc) is 2.42. The summed E-state index contributed by atoms with van der Waals surface area (Å²) in [5.74, 6) is -1.87. The van der Waals surface area contributed by atoms with Gasteiger partial charge < -0.3 is 10.4 Å². The molecule has 2 aromatic rings. The highest BCUT2D eigenvalue weighted by Gasteiger charge is 2.16. The summed E-state index contributed by atoms with van der Waals surface area (Å²) >= 11 is 5.58. The molecule has 0 atom stereocenters. The van der Waals surface area contributed by atoms with Crippen molar-refractivity contribution in [2.75, 3.05) is 5.32 Å². The Kier molecular flexibility index (Phi) is 4.04. The molecule has 8 heteroatoms. The zero-order chi connectivity index (χ0) is 15.6. The molecule has 2 rings (SSSR count). The van der Waals surface area contributed by atoms with Crippen molar-refractivity contribution in [2.45, 2.75) is 0 Å². The first kappa shape index (κ1) is 14.7. The number of phenols is 1. The number of hydrogen-bond acceptors (Lipinski definition) is 4. The van der Waals surface area contributed by atoms with Crippen molar-refractivity contribution in [1.29, 1.82) is 0 Å². The van der Waals surface area contributed by atoms with Crippen molar-refractivity contribution < 1.29 is 19.2 Å². The Hall–Kier alpha value is -2.67. The number of nitrogens with zero attached hydrogens (tertiary/aromatic N) is 1. The third-order valence-electron chi connectivity index (χ3n) is 2.61. The molecule has 21 heavy (non-hydrogen) atoms. The first-order valence-corrected chi connectivity index (χ1v) is 6.00. The molecule has 0 fully saturated rings. The third-order valence-corrected chi connectivity index (χ3v) is 2.90. The SMILES string of the molecule is O=C(Nc1ccc(F)c(Cl)c1)c1ccc([N+](=O)[O-])c(O)c1. The number of rotatable bonds is 3. The molecule has 0 aliphatic rings. The van der Waals surface area contributed by atoms with Crippen molar-refractivity contribution >= 4 is 28.9 Å². The van der Waals surface area contributed by atoms with Gasteiger partial charge in [0.15, 0.2) is 5.75 Å². The minimum atomic E-state index is -0.767. The number of amides is 1. The lowest BCUT2D eigenvalue weighted by atomic mass is 10.1. The number of aromatic hydroxyl groups is 1. The summed E-state index contributed by atoms with van der Waals surface area (Å²) < 4.78 is 13.0. The smallest absolute Gasteiger partial charge is 0.310 e. The van der Waals surface area contributed by atoms with Gasteiger partial charge in [-0.3, -0.25) is 14.9 Å². The van der Waals surface area contributed by atoms with Crippen molar-refractivity contribution in [3.63, 3.8) is 0 Å². The Bertz CT molecular complexity index is 736. The van der Waals surface area contributed by atoms with Crippen molar-refractivity contribution in [3.05, 3.63) is 62.9 Å². The molecule has 0 aliphatic heterocycles. The zero-order valence-corrected chi connectivity index (χ0v) is 11.1. The molecular weight excluding hydrogens is 303 g/mol. The number of carbonyl (C=O) groups is 1. The molecule has 0 saturated heterocycles. The molecule has 0 radical (unpaired) electrons. The van der Waals surface area contributed by atoms with E-state index in [1.54, 1.807) is 0 Å². The van der Waals surface area contributed by atoms with E-state index >= 15 is 0 Å². The summed E-state index contributed by atoms with van der Waals surface area (Å²) in [7, 11) is 0. The molecule has 6 nitrogen and oxygen atoms in total. The molecule has 0 saturated carbocycles. The van der Waals surface area contributed by atoms with E-state index < -0.39 is 28.1 Å². The molecule has 0 heterocycles. The minimum absolute atomic E-state index is 0.0125. The van der Waals surface area contributed by atoms with Gasteiger partial charge in [-0.2, -0.15) is 0 Å². The van der Waals surface area contributed by atoms with Crippen LogP contribution in [0.5, 0.6) is 5.75 Å². The van der Waals surface area contributed by atoms with Gasteiger partial charge >= 0.3 is 5.69 Å². The number of nitro groups is 1. The van der Waals surface area contributed by atoms with E-state index in [2.05, 4.69) is 5.32 Å². The lowest BCUT2D eigenvalue weighted by Crippen LogP contribution is -2.12. The zero-order valence-electron chi connectivity index (χ0n) is 10.3. The molecule has 108 valence electrons. The van der Waals surface area contributed by atoms with Gasteiger partial charge in [-0.05, 0) is 30.3 Å². The van der Waals surface area contributed by atoms with Gasteiger partial charge in [-0.15, -0.1) is 0 Å². The fraction of sp³-hybridized carbons (Fsp3) is 0. The van der Waals surface area contributed by atoms with E-state index in [4.69, 9.17) is 11.6 Å². The van der Waals surface area contributed by atoms with Gasteiger partial charge in [0.2, 0.25) is 0 Å². The summed E-state index contributed by atoms with van der Waals surface area (Å²) in [4.78, 5) is 21.7. The van der Waals surface area contributed by atoms with Gasteiger partial charge in [0.1, 0.15) is 5.82 Å². The highest BCUT2D eigenvalue weighted by Crippen LogP contribution is 2.27. The van der Waals surface area contributed by atoms with Crippen LogP contribution in [0.25, 0.3) is 0 Å². The van der Waals surface area contributed by atoms with Crippen LogP contribution in [-0.2, 0) is 0 Å². The van der Waals surface area contributed by atoms with Crippen LogP contribution < -0.4 is 5.32 Å². The number of benzene rings is 2. The number of phenolic OH excluding ortho intramolecular Hbond substituents is 1. The topological polar surface area (TPSA) is 92.5 Å². The van der Waals surface area contributed by atoms with Gasteiger partial charge in [0, 0.05) is 17.3 Å². The molecule has 0 bridgehead atoms. The standard InChI is InChI=1S/C13H8ClFN2O4/c14-9-6-8(2-3-10(9)15)16-13(19)7-1-4-11(17(20)21)12(18)5-7/h1-6,18H,(H,16,19). The third kappa shape index (κ3) is 3.26. The Balaban J connectivity index is 2.22. The normalized spacial score (nSPS) is 10.2. The maximum Gasteiger partial charge on any atom is 0.310 e. The Morgan fingerprint density at radius 2 is 2.00 bits per heavy atom.